The Morgan fingerprint density at radius 2 is 1.78 bits per heavy atom. The van der Waals surface area contributed by atoms with Crippen LogP contribution in [0.5, 0.6) is 17.2 Å². The second-order valence-electron chi connectivity index (χ2n) is 6.74. The Balaban J connectivity index is 2.37. The lowest BCUT2D eigenvalue weighted by Gasteiger charge is -2.19. The van der Waals surface area contributed by atoms with Crippen LogP contribution in [-0.2, 0) is 11.2 Å². The van der Waals surface area contributed by atoms with E-state index < -0.39 is 11.6 Å². The predicted octanol–water partition coefficient (Wildman–Crippen LogP) is 5.82. The number of carboxylic acids is 1. The molecule has 0 aliphatic carbocycles. The fourth-order valence-electron chi connectivity index (χ4n) is 2.50. The maximum Gasteiger partial charge on any atom is 0.335 e. The third kappa shape index (κ3) is 5.36. The summed E-state index contributed by atoms with van der Waals surface area (Å²) in [6.07, 6.45) is -0.0472. The zero-order valence-electron chi connectivity index (χ0n) is 14.9. The van der Waals surface area contributed by atoms with E-state index in [0.717, 1.165) is 5.56 Å². The van der Waals surface area contributed by atoms with Gasteiger partial charge in [-0.3, -0.25) is 0 Å². The fraction of sp³-hybridized carbons (Fsp3) is 0.316. The number of rotatable bonds is 6. The van der Waals surface area contributed by atoms with Crippen LogP contribution in [-0.4, -0.2) is 26.9 Å². The monoisotopic (exact) mass is 612 g/mol. The number of aromatic hydroxyl groups is 1. The van der Waals surface area contributed by atoms with Gasteiger partial charge in [-0.05, 0) is 97.1 Å². The second-order valence-corrected chi connectivity index (χ2v) is 9.61. The Morgan fingerprint density at radius 3 is 2.26 bits per heavy atom. The quantitative estimate of drug-likeness (QED) is 0.358. The number of benzene rings is 2. The van der Waals surface area contributed by atoms with E-state index in [9.17, 15) is 15.0 Å². The van der Waals surface area contributed by atoms with E-state index in [1.54, 1.807) is 24.3 Å². The summed E-state index contributed by atoms with van der Waals surface area (Å²) in [5, 5.41) is 29.3. The molecule has 3 N–H and O–H groups in total. The fourth-order valence-corrected chi connectivity index (χ4v) is 4.56. The molecular weight excluding hydrogens is 595 g/mol. The summed E-state index contributed by atoms with van der Waals surface area (Å²) in [4.78, 5) is 11.1. The number of aliphatic carboxylic acids is 1. The Bertz CT molecular complexity index is 858. The van der Waals surface area contributed by atoms with E-state index in [2.05, 4.69) is 54.5 Å². The molecule has 27 heavy (non-hydrogen) atoms. The Kier molecular flexibility index (Phi) is 7.21. The molecule has 0 saturated heterocycles. The molecule has 0 radical (unpaired) electrons. The number of hydrogen-bond donors (Lipinski definition) is 3. The van der Waals surface area contributed by atoms with Gasteiger partial charge in [0.15, 0.2) is 11.4 Å². The van der Waals surface area contributed by atoms with Crippen molar-refractivity contribution in [1.29, 1.82) is 0 Å². The van der Waals surface area contributed by atoms with Crippen LogP contribution in [0.4, 0.5) is 0 Å². The highest BCUT2D eigenvalue weighted by molar-refractivity contribution is 14.1. The summed E-state index contributed by atoms with van der Waals surface area (Å²) >= 11 is 8.95. The van der Waals surface area contributed by atoms with Crippen LogP contribution in [0.3, 0.4) is 0 Å². The number of ether oxygens (including phenoxy) is 1. The number of carboxylic acid groups (broad SMARTS) is 1. The molecule has 2 aromatic carbocycles. The molecule has 0 saturated carbocycles. The van der Waals surface area contributed by atoms with Gasteiger partial charge in [0.2, 0.25) is 0 Å². The van der Waals surface area contributed by atoms with Crippen molar-refractivity contribution in [1.82, 2.24) is 0 Å². The van der Waals surface area contributed by atoms with Crippen molar-refractivity contribution < 1.29 is 24.9 Å². The van der Waals surface area contributed by atoms with E-state index in [4.69, 9.17) is 9.84 Å². The van der Waals surface area contributed by atoms with Crippen molar-refractivity contribution >= 4 is 60.4 Å². The molecule has 1 atom stereocenters. The lowest BCUT2D eigenvalue weighted by Crippen LogP contribution is -2.37. The number of hydrogen-bond acceptors (Lipinski definition) is 4. The maximum atomic E-state index is 11.1. The molecule has 0 aliphatic heterocycles. The van der Waals surface area contributed by atoms with Crippen LogP contribution in [0.2, 0.25) is 0 Å². The predicted molar refractivity (Wildman–Crippen MR) is 119 cm³/mol. The maximum absolute atomic E-state index is 11.1. The topological polar surface area (TPSA) is 87.0 Å². The van der Waals surface area contributed by atoms with E-state index in [1.165, 1.54) is 6.92 Å². The molecule has 0 aliphatic rings. The smallest absolute Gasteiger partial charge is 0.335 e. The minimum Gasteiger partial charge on any atom is -0.507 e. The van der Waals surface area contributed by atoms with E-state index in [1.807, 2.05) is 13.8 Å². The van der Waals surface area contributed by atoms with E-state index in [-0.39, 0.29) is 18.1 Å². The lowest BCUT2D eigenvalue weighted by atomic mass is 9.97. The van der Waals surface area contributed by atoms with Gasteiger partial charge in [-0.15, -0.1) is 0 Å². The zero-order chi connectivity index (χ0) is 20.5. The number of halogens is 3. The van der Waals surface area contributed by atoms with E-state index in [0.29, 0.717) is 29.6 Å². The van der Waals surface area contributed by atoms with Gasteiger partial charge in [0.05, 0.1) is 12.5 Å². The molecule has 146 valence electrons. The van der Waals surface area contributed by atoms with Gasteiger partial charge in [0, 0.05) is 12.0 Å². The Hall–Kier alpha value is -0.840. The molecule has 2 aromatic rings. The molecule has 0 spiro atoms. The summed E-state index contributed by atoms with van der Waals surface area (Å²) in [6, 6.07) is 6.96. The molecule has 1 unspecified atom stereocenters. The highest BCUT2D eigenvalue weighted by Crippen LogP contribution is 2.41. The number of aliphatic hydroxyl groups is 1. The van der Waals surface area contributed by atoms with Gasteiger partial charge in [0.25, 0.3) is 0 Å². The number of phenols is 1. The van der Waals surface area contributed by atoms with Crippen LogP contribution in [0.15, 0.2) is 33.2 Å². The van der Waals surface area contributed by atoms with Gasteiger partial charge < -0.3 is 20.1 Å². The van der Waals surface area contributed by atoms with Crippen LogP contribution in [0.1, 0.15) is 37.8 Å². The van der Waals surface area contributed by atoms with Crippen molar-refractivity contribution in [3.05, 3.63) is 47.9 Å². The molecule has 0 aromatic heterocycles. The number of phenolic OH excluding ortho intramolecular Hbond substituents is 1. The SMILES string of the molecule is CC(C)c1cc(Oc2c(Br)cc(CC(C)(O)C(=O)O)cc2Br)cc(I)c1O. The van der Waals surface area contributed by atoms with Crippen molar-refractivity contribution in [2.75, 3.05) is 0 Å². The largest absolute Gasteiger partial charge is 0.507 e. The highest BCUT2D eigenvalue weighted by Gasteiger charge is 2.30. The normalized spacial score (nSPS) is 13.5. The van der Waals surface area contributed by atoms with Crippen LogP contribution >= 0.6 is 54.5 Å². The molecular formula is C19H19Br2IO5. The molecule has 0 heterocycles. The summed E-state index contributed by atoms with van der Waals surface area (Å²) in [7, 11) is 0. The minimum absolute atomic E-state index is 0.0472. The van der Waals surface area contributed by atoms with Gasteiger partial charge >= 0.3 is 5.97 Å². The van der Waals surface area contributed by atoms with Crippen molar-refractivity contribution in [3.63, 3.8) is 0 Å². The average Bonchev–Trinajstić information content (AvgIpc) is 2.53. The summed E-state index contributed by atoms with van der Waals surface area (Å²) in [5.74, 6) is 0.198. The van der Waals surface area contributed by atoms with Gasteiger partial charge in [0.1, 0.15) is 11.5 Å². The third-order valence-corrected chi connectivity index (χ3v) is 5.98. The Morgan fingerprint density at radius 1 is 1.22 bits per heavy atom. The molecule has 0 bridgehead atoms. The van der Waals surface area contributed by atoms with Crippen molar-refractivity contribution in [2.24, 2.45) is 0 Å². The standard InChI is InChI=1S/C19H19Br2IO5/c1-9(2)12-6-11(7-15(22)16(12)23)27-17-13(20)4-10(5-14(17)21)8-19(3,26)18(24)25/h4-7,9,23,26H,8H2,1-3H3,(H,24,25). The molecule has 0 amide bonds. The van der Waals surface area contributed by atoms with Gasteiger partial charge in [-0.25, -0.2) is 4.79 Å². The summed E-state index contributed by atoms with van der Waals surface area (Å²) in [6.45, 7) is 5.24. The first-order chi connectivity index (χ1) is 12.4. The van der Waals surface area contributed by atoms with Crippen molar-refractivity contribution in [3.8, 4) is 17.2 Å². The van der Waals surface area contributed by atoms with E-state index >= 15 is 0 Å². The molecule has 5 nitrogen and oxygen atoms in total. The van der Waals surface area contributed by atoms with Crippen LogP contribution in [0.25, 0.3) is 0 Å². The van der Waals surface area contributed by atoms with Gasteiger partial charge in [-0.1, -0.05) is 13.8 Å². The van der Waals surface area contributed by atoms with Crippen molar-refractivity contribution in [2.45, 2.75) is 38.7 Å². The average molecular weight is 614 g/mol. The highest BCUT2D eigenvalue weighted by atomic mass is 127. The van der Waals surface area contributed by atoms with Gasteiger partial charge in [-0.2, -0.15) is 0 Å². The van der Waals surface area contributed by atoms with Crippen LogP contribution in [0, 0.1) is 3.57 Å². The summed E-state index contributed by atoms with van der Waals surface area (Å²) in [5.41, 5.74) is -0.435. The molecule has 2 rings (SSSR count). The minimum atomic E-state index is -1.86. The third-order valence-electron chi connectivity index (χ3n) is 3.98. The second kappa shape index (κ2) is 8.67. The first-order valence-electron chi connectivity index (χ1n) is 8.06. The lowest BCUT2D eigenvalue weighted by molar-refractivity contribution is -0.156. The molecule has 8 heteroatoms. The summed E-state index contributed by atoms with van der Waals surface area (Å²) < 4.78 is 7.93. The zero-order valence-corrected chi connectivity index (χ0v) is 20.2. The number of carbonyl (C=O) groups is 1. The van der Waals surface area contributed by atoms with Crippen LogP contribution < -0.4 is 4.74 Å². The first kappa shape index (κ1) is 22.4. The Labute approximate surface area is 188 Å². The first-order valence-corrected chi connectivity index (χ1v) is 10.7. The molecule has 0 fully saturated rings.